The molecule has 3 aliphatic heterocycles. The van der Waals surface area contributed by atoms with E-state index in [2.05, 4.69) is 22.8 Å². The molecule has 2 saturated heterocycles. The number of nitrogens with zero attached hydrogens (tertiary/aromatic N) is 1. The Morgan fingerprint density at radius 3 is 2.64 bits per heavy atom. The van der Waals surface area contributed by atoms with Crippen molar-refractivity contribution in [2.45, 2.75) is 50.3 Å². The maximum Gasteiger partial charge on any atom is 0.353 e. The number of carbonyl (C=O) groups is 3. The lowest BCUT2D eigenvalue weighted by atomic mass is 9.79. The lowest BCUT2D eigenvalue weighted by molar-refractivity contribution is -0.163. The average Bonchev–Trinajstić information content (AvgIpc) is 3.30. The lowest BCUT2D eigenvalue weighted by Crippen LogP contribution is -2.63. The van der Waals surface area contributed by atoms with Crippen LogP contribution in [0.2, 0.25) is 0 Å². The number of carboxylic acids is 1. The summed E-state index contributed by atoms with van der Waals surface area (Å²) < 4.78 is 0. The fourth-order valence-corrected chi connectivity index (χ4v) is 6.58. The van der Waals surface area contributed by atoms with Gasteiger partial charge in [0.2, 0.25) is 11.8 Å². The second kappa shape index (κ2) is 9.46. The second-order valence-corrected chi connectivity index (χ2v) is 10.4. The maximum atomic E-state index is 12.5. The highest BCUT2D eigenvalue weighted by Gasteiger charge is 2.60. The molecule has 9 nitrogen and oxygen atoms in total. The van der Waals surface area contributed by atoms with Gasteiger partial charge in [0.1, 0.15) is 5.70 Å². The number of β-lactam (4-membered cyclic amide) rings is 1. The van der Waals surface area contributed by atoms with Crippen molar-refractivity contribution in [1.82, 2.24) is 15.5 Å². The van der Waals surface area contributed by atoms with Crippen molar-refractivity contribution in [2.75, 3.05) is 13.1 Å². The molecule has 0 unspecified atom stereocenters. The second-order valence-electron chi connectivity index (χ2n) is 9.02. The molecule has 0 aliphatic carbocycles. The third kappa shape index (κ3) is 4.52. The number of amides is 2. The van der Waals surface area contributed by atoms with Gasteiger partial charge >= 0.3 is 5.97 Å². The zero-order valence-corrected chi connectivity index (χ0v) is 19.5. The minimum atomic E-state index is -1.09. The van der Waals surface area contributed by atoms with Crippen LogP contribution in [0.5, 0.6) is 0 Å². The van der Waals surface area contributed by atoms with Crippen LogP contribution in [-0.4, -0.2) is 63.4 Å². The first-order valence-electron chi connectivity index (χ1n) is 11.2. The van der Waals surface area contributed by atoms with E-state index in [4.69, 9.17) is 5.73 Å². The fraction of sp³-hybridized carbons (Fsp3) is 0.522. The Hall–Kier alpha value is -2.40. The van der Waals surface area contributed by atoms with Crippen molar-refractivity contribution in [2.24, 2.45) is 17.6 Å². The molecule has 4 rings (SSSR count). The van der Waals surface area contributed by atoms with Gasteiger partial charge in [-0.1, -0.05) is 31.2 Å². The molecule has 178 valence electrons. The normalized spacial score (nSPS) is 29.7. The highest BCUT2D eigenvalue weighted by Crippen LogP contribution is 2.52. The Balaban J connectivity index is 1.40. The molecule has 1 aromatic rings. The molecule has 2 fully saturated rings. The van der Waals surface area contributed by atoms with Crippen LogP contribution < -0.4 is 16.4 Å². The molecule has 3 aliphatic rings. The van der Waals surface area contributed by atoms with Gasteiger partial charge in [-0.25, -0.2) is 4.79 Å². The first-order valence-corrected chi connectivity index (χ1v) is 12.0. The molecule has 1 aromatic carbocycles. The van der Waals surface area contributed by atoms with Gasteiger partial charge in [-0.2, -0.15) is 0 Å². The monoisotopic (exact) mass is 474 g/mol. The predicted octanol–water partition coefficient (Wildman–Crippen LogP) is 0.551. The number of carbonyl (C=O) groups excluding carboxylic acids is 2. The summed E-state index contributed by atoms with van der Waals surface area (Å²) >= 11 is 1.55. The molecule has 6 atom stereocenters. The van der Waals surface area contributed by atoms with Gasteiger partial charge in [-0.05, 0) is 24.5 Å². The van der Waals surface area contributed by atoms with Crippen LogP contribution in [0.3, 0.4) is 0 Å². The topological polar surface area (TPSA) is 145 Å². The molecule has 6 N–H and O–H groups in total. The number of hydrogen-bond acceptors (Lipinski definition) is 7. The number of nitrogens with one attached hydrogen (secondary N) is 2. The number of aliphatic hydroxyl groups is 1. The van der Waals surface area contributed by atoms with Crippen LogP contribution in [-0.2, 0) is 20.9 Å². The zero-order chi connectivity index (χ0) is 23.9. The molecule has 0 aromatic heterocycles. The molecule has 33 heavy (non-hydrogen) atoms. The average molecular weight is 475 g/mol. The number of primary amides is 1. The number of aliphatic carboxylic acids is 1. The largest absolute Gasteiger partial charge is 0.477 e. The van der Waals surface area contributed by atoms with Gasteiger partial charge in [0.15, 0.2) is 0 Å². The summed E-state index contributed by atoms with van der Waals surface area (Å²) in [6.07, 6.45) is 0.0398. The van der Waals surface area contributed by atoms with Crippen molar-refractivity contribution in [3.8, 4) is 0 Å². The summed E-state index contributed by atoms with van der Waals surface area (Å²) in [7, 11) is 0. The summed E-state index contributed by atoms with van der Waals surface area (Å²) in [6, 6.07) is 8.02. The van der Waals surface area contributed by atoms with Crippen molar-refractivity contribution < 1.29 is 24.6 Å². The van der Waals surface area contributed by atoms with Crippen LogP contribution >= 0.6 is 11.8 Å². The molecular formula is C23H30N4O5S. The molecule has 0 bridgehead atoms. The van der Waals surface area contributed by atoms with Crippen LogP contribution in [0.4, 0.5) is 0 Å². The number of aliphatic hydroxyl groups excluding tert-OH is 1. The number of thioether (sulfide) groups is 1. The molecule has 3 heterocycles. The third-order valence-corrected chi connectivity index (χ3v) is 8.22. The van der Waals surface area contributed by atoms with Crippen LogP contribution in [0, 0.1) is 11.8 Å². The minimum Gasteiger partial charge on any atom is -0.477 e. The summed E-state index contributed by atoms with van der Waals surface area (Å²) in [6.45, 7) is 4.97. The van der Waals surface area contributed by atoms with Gasteiger partial charge < -0.3 is 31.5 Å². The fourth-order valence-electron chi connectivity index (χ4n) is 5.10. The Kier molecular flexibility index (Phi) is 6.81. The summed E-state index contributed by atoms with van der Waals surface area (Å²) in [5.41, 5.74) is 7.42. The lowest BCUT2D eigenvalue weighted by Gasteiger charge is -2.46. The zero-order valence-electron chi connectivity index (χ0n) is 18.7. The Morgan fingerprint density at radius 1 is 1.33 bits per heavy atom. The Bertz CT molecular complexity index is 980. The third-order valence-electron chi connectivity index (χ3n) is 6.71. The van der Waals surface area contributed by atoms with Crippen molar-refractivity contribution in [3.63, 3.8) is 0 Å². The van der Waals surface area contributed by atoms with Crippen molar-refractivity contribution in [3.05, 3.63) is 46.0 Å². The first-order chi connectivity index (χ1) is 15.7. The van der Waals surface area contributed by atoms with E-state index in [0.29, 0.717) is 6.54 Å². The number of benzene rings is 1. The van der Waals surface area contributed by atoms with Crippen LogP contribution in [0.1, 0.15) is 37.4 Å². The highest BCUT2D eigenvalue weighted by atomic mass is 32.2. The Labute approximate surface area is 196 Å². The van der Waals surface area contributed by atoms with Gasteiger partial charge in [0, 0.05) is 35.2 Å². The van der Waals surface area contributed by atoms with Gasteiger partial charge in [0.25, 0.3) is 0 Å². The first kappa shape index (κ1) is 23.7. The van der Waals surface area contributed by atoms with E-state index in [9.17, 15) is 24.6 Å². The smallest absolute Gasteiger partial charge is 0.353 e. The van der Waals surface area contributed by atoms with Gasteiger partial charge in [0.05, 0.1) is 24.6 Å². The molecule has 2 amide bonds. The van der Waals surface area contributed by atoms with Gasteiger partial charge in [-0.3, -0.25) is 9.59 Å². The SMILES string of the molecule is C[C@@H](O)[C@H]1C(=O)N2C(C(=O)O)=C(S[C@@H]3CN[C@@H](c4ccc(CNCC(N)=O)cc4)C3)[C@H](C)[C@H]12. The van der Waals surface area contributed by atoms with E-state index in [-0.39, 0.29) is 41.4 Å². The maximum absolute atomic E-state index is 12.5. The molecule has 0 saturated carbocycles. The Morgan fingerprint density at radius 2 is 2.03 bits per heavy atom. The van der Waals surface area contributed by atoms with Crippen molar-refractivity contribution in [1.29, 1.82) is 0 Å². The van der Waals surface area contributed by atoms with Crippen LogP contribution in [0.15, 0.2) is 34.9 Å². The standard InChI is InChI=1S/C23H30N4O5S/c1-11-19-18(12(2)28)22(30)27(19)20(23(31)32)21(11)33-15-7-16(26-9-15)14-5-3-13(4-6-14)8-25-10-17(24)29/h3-6,11-12,15-16,18-19,25-26,28H,7-10H2,1-2H3,(H2,24,29)(H,31,32)/t11-,12-,15+,16-,18-,19-/m1/s1. The van der Waals surface area contributed by atoms with E-state index in [1.165, 1.54) is 4.90 Å². The molecule has 0 spiro atoms. The molecule has 10 heteroatoms. The van der Waals surface area contributed by atoms with Gasteiger partial charge in [-0.15, -0.1) is 11.8 Å². The number of rotatable bonds is 9. The van der Waals surface area contributed by atoms with E-state index in [0.717, 1.165) is 29.0 Å². The number of nitrogens with two attached hydrogens (primary N) is 1. The van der Waals surface area contributed by atoms with E-state index >= 15 is 0 Å². The highest BCUT2D eigenvalue weighted by molar-refractivity contribution is 8.03. The van der Waals surface area contributed by atoms with Crippen LogP contribution in [0.25, 0.3) is 0 Å². The summed E-state index contributed by atoms with van der Waals surface area (Å²) in [4.78, 5) is 37.4. The summed E-state index contributed by atoms with van der Waals surface area (Å²) in [5.74, 6) is -2.45. The quantitative estimate of drug-likeness (QED) is 0.326. The van der Waals surface area contributed by atoms with E-state index in [1.54, 1.807) is 18.7 Å². The number of hydrogen-bond donors (Lipinski definition) is 5. The predicted molar refractivity (Wildman–Crippen MR) is 124 cm³/mol. The number of fused-ring (bicyclic) bond motifs is 1. The van der Waals surface area contributed by atoms with E-state index < -0.39 is 23.9 Å². The van der Waals surface area contributed by atoms with Crippen molar-refractivity contribution >= 4 is 29.5 Å². The summed E-state index contributed by atoms with van der Waals surface area (Å²) in [5, 5.41) is 26.5. The number of carboxylic acid groups (broad SMARTS) is 1. The minimum absolute atomic E-state index is 0.0793. The molecule has 0 radical (unpaired) electrons. The van der Waals surface area contributed by atoms with E-state index in [1.807, 2.05) is 19.1 Å². The molecular weight excluding hydrogens is 444 g/mol.